The number of furan rings is 1. The number of hydrogen-bond acceptors (Lipinski definition) is 2. The molecule has 2 heterocycles. The van der Waals surface area contributed by atoms with Gasteiger partial charge in [0.25, 0.3) is 0 Å². The monoisotopic (exact) mass is 819 g/mol. The molecule has 10 aromatic carbocycles. The molecule has 0 aliphatic heterocycles. The molecule has 0 saturated carbocycles. The lowest BCUT2D eigenvalue weighted by atomic mass is 9.99. The Bertz CT molecular complexity index is 4400. The van der Waals surface area contributed by atoms with Crippen molar-refractivity contribution in [1.29, 1.82) is 0 Å². The highest BCUT2D eigenvalue weighted by atomic mass is 16.3. The van der Waals surface area contributed by atoms with E-state index >= 15 is 0 Å². The van der Waals surface area contributed by atoms with Crippen molar-refractivity contribution < 1.29 is 25.0 Å². The lowest BCUT2D eigenvalue weighted by Crippen LogP contribution is -2.10. The first-order valence-electron chi connectivity index (χ1n) is 27.8. The summed E-state index contributed by atoms with van der Waals surface area (Å²) in [4.78, 5) is 1.63. The van der Waals surface area contributed by atoms with Gasteiger partial charge in [-0.15, -0.1) is 0 Å². The second-order valence-electron chi connectivity index (χ2n) is 14.9. The molecule has 0 saturated heterocycles. The van der Waals surface area contributed by atoms with Gasteiger partial charge in [0.2, 0.25) is 0 Å². The van der Waals surface area contributed by atoms with E-state index in [0.717, 1.165) is 49.7 Å². The van der Waals surface area contributed by atoms with E-state index < -0.39 is 124 Å². The van der Waals surface area contributed by atoms with Crippen LogP contribution in [0.2, 0.25) is 0 Å². The molecule has 0 N–H and O–H groups in total. The van der Waals surface area contributed by atoms with E-state index in [1.807, 2.05) is 115 Å². The van der Waals surface area contributed by atoms with E-state index in [2.05, 4.69) is 34.9 Å². The highest BCUT2D eigenvalue weighted by Gasteiger charge is 2.19. The average molecular weight is 820 g/mol. The van der Waals surface area contributed by atoms with Crippen LogP contribution < -0.4 is 4.90 Å². The highest BCUT2D eigenvalue weighted by molar-refractivity contribution is 6.13. The lowest BCUT2D eigenvalue weighted by Gasteiger charge is -2.26. The van der Waals surface area contributed by atoms with Crippen LogP contribution >= 0.6 is 0 Å². The third kappa shape index (κ3) is 6.29. The average Bonchev–Trinajstić information content (AvgIpc) is 4.13. The van der Waals surface area contributed by atoms with E-state index in [1.54, 1.807) is 11.0 Å². The molecule has 2 aromatic heterocycles. The second-order valence-corrected chi connectivity index (χ2v) is 14.9. The van der Waals surface area contributed by atoms with Gasteiger partial charge in [-0.05, 0) is 82.4 Å². The molecule has 0 aliphatic carbocycles. The summed E-state index contributed by atoms with van der Waals surface area (Å²) >= 11 is 0. The summed E-state index contributed by atoms with van der Waals surface area (Å²) in [5, 5.41) is 1.54. The number of rotatable bonds is 8. The molecular formula is C60H40N2O. The van der Waals surface area contributed by atoms with Gasteiger partial charge in [-0.1, -0.05) is 188 Å². The summed E-state index contributed by atoms with van der Waals surface area (Å²) in [6, 6.07) is 38.8. The Balaban J connectivity index is 1.08. The minimum absolute atomic E-state index is 0.164. The Labute approximate surface area is 387 Å². The van der Waals surface area contributed by atoms with Crippen LogP contribution in [0.5, 0.6) is 0 Å². The van der Waals surface area contributed by atoms with E-state index in [0.29, 0.717) is 11.4 Å². The first-order chi connectivity index (χ1) is 37.5. The topological polar surface area (TPSA) is 21.3 Å². The zero-order valence-electron chi connectivity index (χ0n) is 48.2. The van der Waals surface area contributed by atoms with E-state index in [4.69, 9.17) is 18.1 Å². The van der Waals surface area contributed by atoms with Crippen molar-refractivity contribution >= 4 is 60.8 Å². The third-order valence-corrected chi connectivity index (χ3v) is 11.3. The molecule has 0 radical (unpaired) electrons. The van der Waals surface area contributed by atoms with Gasteiger partial charge in [-0.2, -0.15) is 0 Å². The van der Waals surface area contributed by atoms with Crippen LogP contribution in [0.4, 0.5) is 17.1 Å². The summed E-state index contributed by atoms with van der Waals surface area (Å²) < 4.78 is 144. The molecule has 0 spiro atoms. The second kappa shape index (κ2) is 15.3. The Morgan fingerprint density at radius 1 is 0.349 bits per heavy atom. The van der Waals surface area contributed by atoms with Crippen molar-refractivity contribution in [2.75, 3.05) is 4.90 Å². The molecule has 3 nitrogen and oxygen atoms in total. The Morgan fingerprint density at radius 3 is 1.62 bits per heavy atom. The summed E-state index contributed by atoms with van der Waals surface area (Å²) in [6.45, 7) is 0. The fraction of sp³-hybridized carbons (Fsp3) is 0. The quantitative estimate of drug-likeness (QED) is 0.152. The van der Waals surface area contributed by atoms with E-state index in [1.165, 1.54) is 0 Å². The molecule has 0 bridgehead atoms. The summed E-state index contributed by atoms with van der Waals surface area (Å²) in [7, 11) is 0. The van der Waals surface area contributed by atoms with E-state index in [-0.39, 0.29) is 16.5 Å². The van der Waals surface area contributed by atoms with Crippen molar-refractivity contribution in [3.63, 3.8) is 0 Å². The van der Waals surface area contributed by atoms with Crippen molar-refractivity contribution in [1.82, 2.24) is 4.57 Å². The number of hydrogen-bond donors (Lipinski definition) is 0. The van der Waals surface area contributed by atoms with Gasteiger partial charge in [0.15, 0.2) is 0 Å². The first kappa shape index (κ1) is 24.1. The van der Waals surface area contributed by atoms with Gasteiger partial charge < -0.3 is 13.9 Å². The number of anilines is 3. The standard InChI is InChI=1S/C60H40N2O/c1-3-16-41(17-4-1)45-20-13-21-48(40-45)61(46-36-32-43(33-37-46)49-22-7-10-29-56(49)62-57-30-11-8-23-52(57)53-24-9-12-31-58(53)62)47-38-34-44(35-39-47)51-26-15-28-55-54-27-14-25-50(59(54)63-60(51)55)42-18-5-2-6-19-42/h1-40H/i2D,5D,6D,14D,15D,18D,19D,25D,26D,27D,28D,34D,35D,38D,39D. The van der Waals surface area contributed by atoms with Gasteiger partial charge in [0, 0.05) is 55.3 Å². The fourth-order valence-electron chi connectivity index (χ4n) is 8.46. The van der Waals surface area contributed by atoms with Crippen LogP contribution in [0, 0.1) is 0 Å². The third-order valence-electron chi connectivity index (χ3n) is 11.3. The molecule has 296 valence electrons. The van der Waals surface area contributed by atoms with Crippen LogP contribution in [0.1, 0.15) is 20.6 Å². The normalized spacial score (nSPS) is 14.8. The van der Waals surface area contributed by atoms with Crippen LogP contribution in [0.25, 0.3) is 93.9 Å². The smallest absolute Gasteiger partial charge is 0.143 e. The van der Waals surface area contributed by atoms with Crippen LogP contribution in [-0.2, 0) is 0 Å². The minimum Gasteiger partial charge on any atom is -0.455 e. The van der Waals surface area contributed by atoms with Crippen molar-refractivity contribution in [2.45, 2.75) is 0 Å². The maximum Gasteiger partial charge on any atom is 0.143 e. The molecule has 63 heavy (non-hydrogen) atoms. The lowest BCUT2D eigenvalue weighted by molar-refractivity contribution is 0.671. The maximum absolute atomic E-state index is 9.83. The molecule has 12 aromatic rings. The van der Waals surface area contributed by atoms with Gasteiger partial charge in [0.05, 0.1) is 37.3 Å². The largest absolute Gasteiger partial charge is 0.455 e. The van der Waals surface area contributed by atoms with Crippen LogP contribution in [0.3, 0.4) is 0 Å². The predicted octanol–water partition coefficient (Wildman–Crippen LogP) is 16.8. The number of aromatic nitrogens is 1. The number of nitrogens with zero attached hydrogens (tertiary/aromatic N) is 2. The predicted molar refractivity (Wildman–Crippen MR) is 264 cm³/mol. The molecule has 0 fully saturated rings. The summed E-state index contributed by atoms with van der Waals surface area (Å²) in [5.74, 6) is 0. The van der Waals surface area contributed by atoms with Crippen molar-refractivity contribution in [2.24, 2.45) is 0 Å². The molecule has 3 heteroatoms. The van der Waals surface area contributed by atoms with Gasteiger partial charge in [-0.3, -0.25) is 0 Å². The SMILES string of the molecule is [2H]c1c([2H])c([2H])c(-c2c([2H])c([2H])c([2H])c3c2oc2c(-c4c([2H])c([2H])c(N(c5ccc(-c6ccccc6-n6c7ccccc7c7ccccc76)cc5)c5cccc(-c6ccccc6)c5)c([2H])c4[2H])c([2H])c([2H])c([2H])c23)c([2H])c1[2H]. The number of para-hydroxylation sites is 5. The van der Waals surface area contributed by atoms with Crippen molar-refractivity contribution in [3.05, 3.63) is 242 Å². The Morgan fingerprint density at radius 2 is 0.937 bits per heavy atom. The Kier molecular flexibility index (Phi) is 5.85. The van der Waals surface area contributed by atoms with Gasteiger partial charge >= 0.3 is 0 Å². The summed E-state index contributed by atoms with van der Waals surface area (Å²) in [5.41, 5.74) is 4.39. The first-order valence-corrected chi connectivity index (χ1v) is 20.3. The molecule has 0 atom stereocenters. The molecule has 12 rings (SSSR count). The zero-order chi connectivity index (χ0) is 54.7. The van der Waals surface area contributed by atoms with Gasteiger partial charge in [-0.25, -0.2) is 0 Å². The summed E-state index contributed by atoms with van der Waals surface area (Å²) in [6.07, 6.45) is 0. The molecule has 0 aliphatic rings. The molecular weight excluding hydrogens is 765 g/mol. The minimum atomic E-state index is -0.750. The van der Waals surface area contributed by atoms with Crippen LogP contribution in [0.15, 0.2) is 247 Å². The number of fused-ring (bicyclic) bond motifs is 6. The van der Waals surface area contributed by atoms with E-state index in [9.17, 15) is 6.85 Å². The van der Waals surface area contributed by atoms with Gasteiger partial charge in [0.1, 0.15) is 11.2 Å². The van der Waals surface area contributed by atoms with Crippen molar-refractivity contribution in [3.8, 4) is 50.2 Å². The number of benzene rings is 10. The zero-order valence-corrected chi connectivity index (χ0v) is 33.2. The van der Waals surface area contributed by atoms with Crippen LogP contribution in [-0.4, -0.2) is 4.57 Å². The fourth-order valence-corrected chi connectivity index (χ4v) is 8.46. The molecule has 0 amide bonds. The molecule has 0 unspecified atom stereocenters. The highest BCUT2D eigenvalue weighted by Crippen LogP contribution is 2.43. The Hall–Kier alpha value is -8.40. The maximum atomic E-state index is 9.83.